The van der Waals surface area contributed by atoms with Crippen LogP contribution in [0.1, 0.15) is 24.0 Å². The molecule has 5 rings (SSSR count). The minimum absolute atomic E-state index is 0.100. The number of morpholine rings is 1. The van der Waals surface area contributed by atoms with Gasteiger partial charge < -0.3 is 15.3 Å². The number of halogens is 3. The Bertz CT molecular complexity index is 1470. The van der Waals surface area contributed by atoms with Gasteiger partial charge in [0, 0.05) is 80.4 Å². The van der Waals surface area contributed by atoms with Gasteiger partial charge in [-0.2, -0.15) is 0 Å². The Labute approximate surface area is 235 Å². The van der Waals surface area contributed by atoms with E-state index in [1.807, 2.05) is 18.3 Å². The smallest absolute Gasteiger partial charge is 0.249 e. The summed E-state index contributed by atoms with van der Waals surface area (Å²) >= 11 is 0. The summed E-state index contributed by atoms with van der Waals surface area (Å²) in [5.74, 6) is -3.59. The van der Waals surface area contributed by atoms with Gasteiger partial charge in [0.05, 0.1) is 38.2 Å². The minimum Gasteiger partial charge on any atom is -0.404 e. The van der Waals surface area contributed by atoms with E-state index in [0.717, 1.165) is 44.0 Å². The zero-order chi connectivity index (χ0) is 28.8. The lowest BCUT2D eigenvalue weighted by atomic mass is 9.81. The van der Waals surface area contributed by atoms with Gasteiger partial charge in [-0.3, -0.25) is 14.3 Å². The lowest BCUT2D eigenvalue weighted by Gasteiger charge is -2.33. The van der Waals surface area contributed by atoms with Crippen LogP contribution in [-0.2, 0) is 16.1 Å². The first-order chi connectivity index (χ1) is 19.9. The van der Waals surface area contributed by atoms with E-state index in [9.17, 15) is 8.78 Å². The number of rotatable bonds is 10. The van der Waals surface area contributed by atoms with Crippen LogP contribution in [0.4, 0.5) is 13.2 Å². The van der Waals surface area contributed by atoms with Crippen molar-refractivity contribution in [2.75, 3.05) is 39.4 Å². The van der Waals surface area contributed by atoms with Gasteiger partial charge in [0.15, 0.2) is 0 Å². The van der Waals surface area contributed by atoms with Crippen molar-refractivity contribution in [2.24, 2.45) is 26.8 Å². The van der Waals surface area contributed by atoms with E-state index in [4.69, 9.17) is 15.3 Å². The summed E-state index contributed by atoms with van der Waals surface area (Å²) in [5, 5.41) is 3.35. The lowest BCUT2D eigenvalue weighted by molar-refractivity contribution is -0.0956. The number of benzene rings is 1. The zero-order valence-electron chi connectivity index (χ0n) is 22.6. The number of hydrogen-bond donors (Lipinski definition) is 1. The Morgan fingerprint density at radius 2 is 2.02 bits per heavy atom. The molecule has 3 heterocycles. The highest BCUT2D eigenvalue weighted by Crippen LogP contribution is 2.43. The van der Waals surface area contributed by atoms with E-state index < -0.39 is 17.7 Å². The monoisotopic (exact) mass is 567 g/mol. The van der Waals surface area contributed by atoms with Crippen LogP contribution < -0.4 is 5.73 Å². The summed E-state index contributed by atoms with van der Waals surface area (Å²) in [7, 11) is 0. The molecule has 1 aliphatic carbocycles. The maximum atomic E-state index is 15.1. The van der Waals surface area contributed by atoms with E-state index in [1.165, 1.54) is 12.3 Å². The van der Waals surface area contributed by atoms with Gasteiger partial charge in [-0.05, 0) is 29.8 Å². The molecule has 1 aromatic carbocycles. The molecule has 9 nitrogen and oxygen atoms in total. The average molecular weight is 568 g/mol. The third kappa shape index (κ3) is 6.83. The molecule has 0 bridgehead atoms. The molecule has 0 radical (unpaired) electrons. The predicted molar refractivity (Wildman–Crippen MR) is 153 cm³/mol. The molecule has 12 heteroatoms. The highest BCUT2D eigenvalue weighted by molar-refractivity contribution is 6.09. The third-order valence-corrected chi connectivity index (χ3v) is 7.22. The fourth-order valence-electron chi connectivity index (χ4n) is 4.92. The standard InChI is InChI=1S/C29H32F3N7O2/c1-34-41-28(22-13-29(31,32)14-22)37-16-20-2-4-25(30)24(12-20)26-18-36-27-5-3-21(19-39(26)27)23(15-33)17-35-6-7-38-8-10-40-11-9-38/h2-5,12,15,17-19,22H,1,6-11,13-14,16,33H2. The van der Waals surface area contributed by atoms with Gasteiger partial charge in [-0.15, -0.1) is 0 Å². The van der Waals surface area contributed by atoms with Crippen molar-refractivity contribution in [1.29, 1.82) is 0 Å². The Hall–Kier alpha value is -4.03. The van der Waals surface area contributed by atoms with Crippen LogP contribution in [0.15, 0.2) is 64.1 Å². The van der Waals surface area contributed by atoms with Crippen molar-refractivity contribution in [1.82, 2.24) is 14.3 Å². The Morgan fingerprint density at radius 3 is 2.76 bits per heavy atom. The number of ether oxygens (including phenoxy) is 1. The second-order valence-corrected chi connectivity index (χ2v) is 10.1. The summed E-state index contributed by atoms with van der Waals surface area (Å²) < 4.78 is 48.9. The first-order valence-corrected chi connectivity index (χ1v) is 13.4. The molecular weight excluding hydrogens is 535 g/mol. The number of hydrogen-bond acceptors (Lipinski definition) is 8. The first kappa shape index (κ1) is 28.5. The fourth-order valence-corrected chi connectivity index (χ4v) is 4.92. The van der Waals surface area contributed by atoms with Crippen LogP contribution in [0.2, 0.25) is 0 Å². The number of nitrogens with zero attached hydrogens (tertiary/aromatic N) is 6. The molecule has 2 fully saturated rings. The number of imidazole rings is 1. The van der Waals surface area contributed by atoms with Crippen LogP contribution in [0.25, 0.3) is 22.5 Å². The van der Waals surface area contributed by atoms with Crippen molar-refractivity contribution >= 4 is 30.1 Å². The molecule has 1 aliphatic heterocycles. The van der Waals surface area contributed by atoms with E-state index in [0.29, 0.717) is 29.0 Å². The van der Waals surface area contributed by atoms with Gasteiger partial charge in [-0.1, -0.05) is 11.2 Å². The summed E-state index contributed by atoms with van der Waals surface area (Å²) in [6.45, 7) is 8.12. The Morgan fingerprint density at radius 1 is 1.22 bits per heavy atom. The summed E-state index contributed by atoms with van der Waals surface area (Å²) in [5.41, 5.74) is 9.60. The quantitative estimate of drug-likeness (QED) is 0.222. The number of aromatic nitrogens is 2. The maximum absolute atomic E-state index is 15.1. The molecule has 2 aliphatic rings. The highest BCUT2D eigenvalue weighted by atomic mass is 19.3. The van der Waals surface area contributed by atoms with Crippen molar-refractivity contribution in [3.63, 3.8) is 0 Å². The number of pyridine rings is 1. The molecule has 216 valence electrons. The second-order valence-electron chi connectivity index (χ2n) is 10.1. The molecular formula is C29H32F3N7O2. The number of fused-ring (bicyclic) bond motifs is 1. The molecule has 41 heavy (non-hydrogen) atoms. The van der Waals surface area contributed by atoms with Crippen molar-refractivity contribution < 1.29 is 22.7 Å². The number of allylic oxidation sites excluding steroid dienone is 1. The van der Waals surface area contributed by atoms with E-state index in [-0.39, 0.29) is 25.3 Å². The van der Waals surface area contributed by atoms with Crippen LogP contribution in [0, 0.1) is 11.7 Å². The Kier molecular flexibility index (Phi) is 8.79. The van der Waals surface area contributed by atoms with Crippen LogP contribution in [0.5, 0.6) is 0 Å². The van der Waals surface area contributed by atoms with Gasteiger partial charge in [-0.25, -0.2) is 23.1 Å². The van der Waals surface area contributed by atoms with Crippen molar-refractivity contribution in [3.8, 4) is 11.3 Å². The molecule has 0 amide bonds. The van der Waals surface area contributed by atoms with E-state index in [1.54, 1.807) is 28.9 Å². The molecule has 1 saturated heterocycles. The number of alkyl halides is 2. The largest absolute Gasteiger partial charge is 0.404 e. The molecule has 0 unspecified atom stereocenters. The second kappa shape index (κ2) is 12.6. The molecule has 2 N–H and O–H groups in total. The third-order valence-electron chi connectivity index (χ3n) is 7.22. The molecule has 0 atom stereocenters. The topological polar surface area (TPSA) is 102 Å². The molecule has 3 aromatic rings. The van der Waals surface area contributed by atoms with E-state index in [2.05, 4.69) is 31.7 Å². The number of nitrogens with two attached hydrogens (primary N) is 1. The average Bonchev–Trinajstić information content (AvgIpc) is 3.38. The first-order valence-electron chi connectivity index (χ1n) is 13.4. The minimum atomic E-state index is -2.73. The SMILES string of the molecule is C=NOC(=NCc1ccc(F)c(-c2cnc3ccc(C(C=NCCN4CCOCC4)=CN)cn23)c1)C1CC(F)(F)C1. The highest BCUT2D eigenvalue weighted by Gasteiger charge is 2.48. The summed E-state index contributed by atoms with van der Waals surface area (Å²) in [4.78, 5) is 20.7. The van der Waals surface area contributed by atoms with E-state index >= 15 is 4.39 Å². The summed E-state index contributed by atoms with van der Waals surface area (Å²) in [6.07, 6.45) is 5.97. The zero-order valence-corrected chi connectivity index (χ0v) is 22.6. The number of oxime groups is 1. The fraction of sp³-hybridized carbons (Fsp3) is 0.379. The van der Waals surface area contributed by atoms with Gasteiger partial charge in [0.2, 0.25) is 11.8 Å². The van der Waals surface area contributed by atoms with Crippen molar-refractivity contribution in [2.45, 2.75) is 25.3 Å². The van der Waals surface area contributed by atoms with Gasteiger partial charge in [0.1, 0.15) is 11.5 Å². The normalized spacial score (nSPS) is 18.6. The van der Waals surface area contributed by atoms with Gasteiger partial charge >= 0.3 is 0 Å². The number of aliphatic imine (C=N–C) groups is 2. The van der Waals surface area contributed by atoms with Crippen molar-refractivity contribution in [3.05, 3.63) is 65.9 Å². The molecule has 0 spiro atoms. The van der Waals surface area contributed by atoms with Crippen LogP contribution in [-0.4, -0.2) is 78.4 Å². The van der Waals surface area contributed by atoms with Crippen LogP contribution >= 0.6 is 0 Å². The maximum Gasteiger partial charge on any atom is 0.249 e. The lowest BCUT2D eigenvalue weighted by Crippen LogP contribution is -2.40. The Balaban J connectivity index is 1.34. The molecule has 1 saturated carbocycles. The van der Waals surface area contributed by atoms with Crippen LogP contribution in [0.3, 0.4) is 0 Å². The predicted octanol–water partition coefficient (Wildman–Crippen LogP) is 4.42. The molecule has 2 aromatic heterocycles. The van der Waals surface area contributed by atoms with Gasteiger partial charge in [0.25, 0.3) is 0 Å². The summed E-state index contributed by atoms with van der Waals surface area (Å²) in [6, 6.07) is 8.32.